The molecule has 3 fully saturated rings. The second kappa shape index (κ2) is 2.86. The summed E-state index contributed by atoms with van der Waals surface area (Å²) in [6.07, 6.45) is 3.49. The van der Waals surface area contributed by atoms with Gasteiger partial charge in [0.25, 0.3) is 0 Å². The molecule has 0 unspecified atom stereocenters. The van der Waals surface area contributed by atoms with Crippen LogP contribution in [0.1, 0.15) is 25.7 Å². The number of fused-ring (bicyclic) bond motifs is 5. The predicted octanol–water partition coefficient (Wildman–Crippen LogP) is 1.42. The molecule has 4 heteroatoms. The lowest BCUT2D eigenvalue weighted by Gasteiger charge is -2.23. The van der Waals surface area contributed by atoms with Gasteiger partial charge in [-0.2, -0.15) is 0 Å². The monoisotopic (exact) mass is 197 g/mol. The first-order chi connectivity index (χ1) is 6.74. The first-order valence-corrected chi connectivity index (χ1v) is 5.39. The summed E-state index contributed by atoms with van der Waals surface area (Å²) in [7, 11) is 0. The van der Waals surface area contributed by atoms with Crippen molar-refractivity contribution in [2.24, 2.45) is 17.8 Å². The lowest BCUT2D eigenvalue weighted by molar-refractivity contribution is 0.0406. The van der Waals surface area contributed by atoms with E-state index in [0.29, 0.717) is 12.0 Å². The van der Waals surface area contributed by atoms with Crippen molar-refractivity contribution in [1.29, 1.82) is 0 Å². The molecule has 2 bridgehead atoms. The van der Waals surface area contributed by atoms with E-state index in [9.17, 15) is 4.79 Å². The molecule has 0 aromatic carbocycles. The van der Waals surface area contributed by atoms with Crippen molar-refractivity contribution < 1.29 is 14.6 Å². The van der Waals surface area contributed by atoms with Gasteiger partial charge in [-0.25, -0.2) is 4.79 Å². The van der Waals surface area contributed by atoms with E-state index in [-0.39, 0.29) is 6.23 Å². The van der Waals surface area contributed by atoms with E-state index in [1.807, 2.05) is 0 Å². The molecule has 2 N–H and O–H groups in total. The third-order valence-electron chi connectivity index (χ3n) is 4.20. The number of nitrogens with one attached hydrogen (secondary N) is 1. The number of carboxylic acid groups (broad SMARTS) is 1. The summed E-state index contributed by atoms with van der Waals surface area (Å²) in [4.78, 5) is 10.4. The Morgan fingerprint density at radius 3 is 2.79 bits per heavy atom. The number of rotatable bonds is 1. The fraction of sp³-hybridized carbons (Fsp3) is 0.900. The fourth-order valence-corrected chi connectivity index (χ4v) is 3.74. The maximum Gasteiger partial charge on any atom is 0.507 e. The summed E-state index contributed by atoms with van der Waals surface area (Å²) in [6.45, 7) is 0. The van der Waals surface area contributed by atoms with Gasteiger partial charge in [0, 0.05) is 12.5 Å². The van der Waals surface area contributed by atoms with E-state index < -0.39 is 6.16 Å². The highest BCUT2D eigenvalue weighted by Crippen LogP contribution is 2.52. The molecule has 0 radical (unpaired) electrons. The molecular weight excluding hydrogens is 182 g/mol. The van der Waals surface area contributed by atoms with Gasteiger partial charge in [-0.3, -0.25) is 5.32 Å². The summed E-state index contributed by atoms with van der Waals surface area (Å²) < 4.78 is 4.78. The molecule has 3 aliphatic rings. The minimum atomic E-state index is -1.16. The van der Waals surface area contributed by atoms with E-state index in [4.69, 9.17) is 9.84 Å². The Kier molecular flexibility index (Phi) is 1.74. The molecule has 2 saturated carbocycles. The van der Waals surface area contributed by atoms with Crippen LogP contribution in [0.2, 0.25) is 0 Å². The van der Waals surface area contributed by atoms with Crippen molar-refractivity contribution in [3.63, 3.8) is 0 Å². The molecule has 1 heterocycles. The number of hydrogen-bond acceptors (Lipinski definition) is 3. The standard InChI is InChI=1S/C10H15NO3/c12-10(13)14-8-4-7-5-1-2-6(3-5)9(7)11-8/h5-9,11H,1-4H2,(H,12,13)/t5-,6+,7-,8-,9+/m0/s1. The van der Waals surface area contributed by atoms with Crippen LogP contribution < -0.4 is 5.32 Å². The van der Waals surface area contributed by atoms with Gasteiger partial charge < -0.3 is 9.84 Å². The molecular formula is C10H15NO3. The molecule has 0 amide bonds. The van der Waals surface area contributed by atoms with E-state index in [1.165, 1.54) is 19.3 Å². The molecule has 0 aromatic heterocycles. The van der Waals surface area contributed by atoms with Gasteiger partial charge in [-0.15, -0.1) is 0 Å². The predicted molar refractivity (Wildman–Crippen MR) is 48.8 cm³/mol. The Morgan fingerprint density at radius 2 is 2.07 bits per heavy atom. The van der Waals surface area contributed by atoms with Crippen LogP contribution in [0.15, 0.2) is 0 Å². The lowest BCUT2D eigenvalue weighted by atomic mass is 9.85. The highest BCUT2D eigenvalue weighted by atomic mass is 16.7. The largest absolute Gasteiger partial charge is 0.507 e. The molecule has 2 aliphatic carbocycles. The van der Waals surface area contributed by atoms with Crippen molar-refractivity contribution >= 4 is 6.16 Å². The lowest BCUT2D eigenvalue weighted by Crippen LogP contribution is -2.37. The third-order valence-corrected chi connectivity index (χ3v) is 4.20. The smallest absolute Gasteiger partial charge is 0.450 e. The first kappa shape index (κ1) is 8.53. The number of ether oxygens (including phenoxy) is 1. The van der Waals surface area contributed by atoms with Crippen molar-refractivity contribution in [3.05, 3.63) is 0 Å². The Morgan fingerprint density at radius 1 is 1.29 bits per heavy atom. The van der Waals surface area contributed by atoms with Crippen LogP contribution in [0, 0.1) is 17.8 Å². The van der Waals surface area contributed by atoms with Crippen molar-refractivity contribution in [3.8, 4) is 0 Å². The Labute approximate surface area is 82.6 Å². The van der Waals surface area contributed by atoms with Crippen LogP contribution in [0.3, 0.4) is 0 Å². The zero-order chi connectivity index (χ0) is 9.71. The van der Waals surface area contributed by atoms with Gasteiger partial charge in [0.1, 0.15) is 0 Å². The van der Waals surface area contributed by atoms with Gasteiger partial charge >= 0.3 is 6.16 Å². The van der Waals surface area contributed by atoms with Crippen LogP contribution in [-0.4, -0.2) is 23.5 Å². The third kappa shape index (κ3) is 1.13. The van der Waals surface area contributed by atoms with Crippen molar-refractivity contribution in [1.82, 2.24) is 5.32 Å². The summed E-state index contributed by atoms with van der Waals surface area (Å²) in [6, 6.07) is 0.540. The topological polar surface area (TPSA) is 58.6 Å². The Bertz CT molecular complexity index is 250. The summed E-state index contributed by atoms with van der Waals surface area (Å²) in [5, 5.41) is 11.8. The van der Waals surface area contributed by atoms with E-state index in [0.717, 1.165) is 18.3 Å². The van der Waals surface area contributed by atoms with Crippen molar-refractivity contribution in [2.45, 2.75) is 38.0 Å². The maximum atomic E-state index is 10.4. The Hall–Kier alpha value is -0.770. The number of hydrogen-bond donors (Lipinski definition) is 2. The molecule has 78 valence electrons. The van der Waals surface area contributed by atoms with Gasteiger partial charge in [-0.05, 0) is 37.0 Å². The highest BCUT2D eigenvalue weighted by Gasteiger charge is 2.52. The van der Waals surface area contributed by atoms with Gasteiger partial charge in [-0.1, -0.05) is 0 Å². The number of carbonyl (C=O) groups is 1. The van der Waals surface area contributed by atoms with Crippen LogP contribution in [-0.2, 0) is 4.74 Å². The SMILES string of the molecule is O=C(O)O[C@H]1C[C@H]2[C@H]3CC[C@H](C3)[C@H]2N1. The van der Waals surface area contributed by atoms with Gasteiger partial charge in [0.2, 0.25) is 0 Å². The minimum Gasteiger partial charge on any atom is -0.450 e. The van der Waals surface area contributed by atoms with Gasteiger partial charge in [0.05, 0.1) is 0 Å². The fourth-order valence-electron chi connectivity index (χ4n) is 3.74. The van der Waals surface area contributed by atoms with E-state index >= 15 is 0 Å². The summed E-state index contributed by atoms with van der Waals surface area (Å²) >= 11 is 0. The Balaban J connectivity index is 1.68. The first-order valence-electron chi connectivity index (χ1n) is 5.39. The van der Waals surface area contributed by atoms with Crippen LogP contribution in [0.5, 0.6) is 0 Å². The van der Waals surface area contributed by atoms with Crippen LogP contribution in [0.4, 0.5) is 4.79 Å². The molecule has 0 spiro atoms. The molecule has 5 atom stereocenters. The van der Waals surface area contributed by atoms with E-state index in [2.05, 4.69) is 5.32 Å². The average Bonchev–Trinajstić information content (AvgIpc) is 2.69. The molecule has 1 saturated heterocycles. The molecule has 14 heavy (non-hydrogen) atoms. The minimum absolute atomic E-state index is 0.245. The van der Waals surface area contributed by atoms with Crippen molar-refractivity contribution in [2.75, 3.05) is 0 Å². The zero-order valence-corrected chi connectivity index (χ0v) is 7.98. The normalized spacial score (nSPS) is 49.3. The highest BCUT2D eigenvalue weighted by molar-refractivity contribution is 5.57. The second-order valence-corrected chi connectivity index (χ2v) is 4.80. The van der Waals surface area contributed by atoms with Gasteiger partial charge in [0.15, 0.2) is 6.23 Å². The summed E-state index contributed by atoms with van der Waals surface area (Å²) in [5.74, 6) is 2.30. The maximum absolute atomic E-state index is 10.4. The zero-order valence-electron chi connectivity index (χ0n) is 7.98. The summed E-state index contributed by atoms with van der Waals surface area (Å²) in [5.41, 5.74) is 0. The molecule has 3 rings (SSSR count). The van der Waals surface area contributed by atoms with Crippen LogP contribution in [0.25, 0.3) is 0 Å². The molecule has 1 aliphatic heterocycles. The average molecular weight is 197 g/mol. The second-order valence-electron chi connectivity index (χ2n) is 4.80. The van der Waals surface area contributed by atoms with Crippen LogP contribution >= 0.6 is 0 Å². The molecule has 4 nitrogen and oxygen atoms in total. The quantitative estimate of drug-likeness (QED) is 0.624. The molecule has 0 aromatic rings. The van der Waals surface area contributed by atoms with E-state index in [1.54, 1.807) is 0 Å².